The van der Waals surface area contributed by atoms with Crippen LogP contribution in [0.5, 0.6) is 0 Å². The second-order valence-electron chi connectivity index (χ2n) is 7.09. The number of nitrogens with one attached hydrogen (secondary N) is 1. The molecule has 0 fully saturated rings. The summed E-state index contributed by atoms with van der Waals surface area (Å²) in [6.45, 7) is 4.98. The van der Waals surface area contributed by atoms with Crippen molar-refractivity contribution in [2.75, 3.05) is 0 Å². The highest BCUT2D eigenvalue weighted by atomic mass is 79.9. The lowest BCUT2D eigenvalue weighted by molar-refractivity contribution is 0.1000. The SMILES string of the molecule is CCCCCc1c(-c2ccc(Br)cc2)c(C(N)=O)c(C)n1CCc1cnc[nH]1. The van der Waals surface area contributed by atoms with Gasteiger partial charge in [-0.15, -0.1) is 0 Å². The van der Waals surface area contributed by atoms with Crippen LogP contribution in [0.25, 0.3) is 11.1 Å². The summed E-state index contributed by atoms with van der Waals surface area (Å²) in [5.74, 6) is -0.368. The Hall–Kier alpha value is -2.34. The van der Waals surface area contributed by atoms with Crippen molar-refractivity contribution < 1.29 is 4.79 Å². The molecule has 0 bridgehead atoms. The maximum atomic E-state index is 12.4. The minimum absolute atomic E-state index is 0.368. The lowest BCUT2D eigenvalue weighted by Crippen LogP contribution is -2.14. The van der Waals surface area contributed by atoms with E-state index in [1.54, 1.807) is 6.33 Å². The van der Waals surface area contributed by atoms with Crippen molar-refractivity contribution in [2.45, 2.75) is 52.5 Å². The third-order valence-corrected chi connectivity index (χ3v) is 5.72. The quantitative estimate of drug-likeness (QED) is 0.456. The minimum Gasteiger partial charge on any atom is -0.366 e. The summed E-state index contributed by atoms with van der Waals surface area (Å²) in [4.78, 5) is 19.7. The lowest BCUT2D eigenvalue weighted by Gasteiger charge is -2.13. The Bertz CT molecular complexity index is 927. The number of carbonyl (C=O) groups is 1. The Labute approximate surface area is 174 Å². The van der Waals surface area contributed by atoms with E-state index in [0.29, 0.717) is 5.56 Å². The predicted octanol–water partition coefficient (Wildman–Crippen LogP) is 5.02. The normalized spacial score (nSPS) is 11.1. The summed E-state index contributed by atoms with van der Waals surface area (Å²) in [6, 6.07) is 8.11. The molecule has 0 saturated heterocycles. The van der Waals surface area contributed by atoms with Crippen molar-refractivity contribution in [3.63, 3.8) is 0 Å². The number of aryl methyl sites for hydroxylation is 1. The standard InChI is InChI=1S/C22H27BrN4O/c1-3-4-5-6-19-21(16-7-9-17(23)10-8-16)20(22(24)28)15(2)27(19)12-11-18-13-25-14-26-18/h7-10,13-14H,3-6,11-12H2,1-2H3,(H2,24,28)(H,25,26). The first-order chi connectivity index (χ1) is 13.5. The van der Waals surface area contributed by atoms with Crippen molar-refractivity contribution in [2.24, 2.45) is 5.73 Å². The molecule has 6 heteroatoms. The zero-order valence-electron chi connectivity index (χ0n) is 16.5. The number of nitrogens with zero attached hydrogens (tertiary/aromatic N) is 2. The van der Waals surface area contributed by atoms with Gasteiger partial charge in [0.1, 0.15) is 0 Å². The Kier molecular flexibility index (Phi) is 6.73. The third kappa shape index (κ3) is 4.38. The molecular formula is C22H27BrN4O. The average molecular weight is 443 g/mol. The van der Waals surface area contributed by atoms with Crippen LogP contribution in [0.3, 0.4) is 0 Å². The first-order valence-electron chi connectivity index (χ1n) is 9.77. The number of primary amides is 1. The van der Waals surface area contributed by atoms with Gasteiger partial charge in [-0.25, -0.2) is 4.98 Å². The largest absolute Gasteiger partial charge is 0.366 e. The molecule has 0 radical (unpaired) electrons. The lowest BCUT2D eigenvalue weighted by atomic mass is 9.97. The number of aromatic nitrogens is 3. The summed E-state index contributed by atoms with van der Waals surface area (Å²) in [5, 5.41) is 0. The van der Waals surface area contributed by atoms with Crippen molar-refractivity contribution in [1.82, 2.24) is 14.5 Å². The van der Waals surface area contributed by atoms with E-state index < -0.39 is 0 Å². The van der Waals surface area contributed by atoms with E-state index >= 15 is 0 Å². The summed E-state index contributed by atoms with van der Waals surface area (Å²) in [6.07, 6.45) is 8.71. The Balaban J connectivity index is 2.09. The van der Waals surface area contributed by atoms with E-state index in [9.17, 15) is 4.79 Å². The van der Waals surface area contributed by atoms with Crippen molar-refractivity contribution >= 4 is 21.8 Å². The number of hydrogen-bond donors (Lipinski definition) is 2. The molecule has 3 rings (SSSR count). The number of hydrogen-bond acceptors (Lipinski definition) is 2. The molecule has 2 aromatic heterocycles. The van der Waals surface area contributed by atoms with Gasteiger partial charge < -0.3 is 15.3 Å². The minimum atomic E-state index is -0.368. The number of aromatic amines is 1. The fourth-order valence-corrected chi connectivity index (χ4v) is 4.05. The molecule has 2 heterocycles. The zero-order valence-corrected chi connectivity index (χ0v) is 18.1. The molecule has 1 aromatic carbocycles. The summed E-state index contributed by atoms with van der Waals surface area (Å²) < 4.78 is 3.29. The maximum Gasteiger partial charge on any atom is 0.251 e. The van der Waals surface area contributed by atoms with E-state index in [-0.39, 0.29) is 5.91 Å². The van der Waals surface area contributed by atoms with Gasteiger partial charge in [-0.2, -0.15) is 0 Å². The summed E-state index contributed by atoms with van der Waals surface area (Å²) in [5.41, 5.74) is 11.7. The number of halogens is 1. The smallest absolute Gasteiger partial charge is 0.251 e. The number of nitrogens with two attached hydrogens (primary N) is 1. The van der Waals surface area contributed by atoms with Gasteiger partial charge in [-0.3, -0.25) is 4.79 Å². The van der Waals surface area contributed by atoms with E-state index in [1.807, 2.05) is 37.4 Å². The molecule has 0 aliphatic rings. The molecule has 0 unspecified atom stereocenters. The highest BCUT2D eigenvalue weighted by molar-refractivity contribution is 9.10. The Morgan fingerprint density at radius 2 is 1.96 bits per heavy atom. The number of H-pyrrole nitrogens is 1. The number of imidazole rings is 1. The fourth-order valence-electron chi connectivity index (χ4n) is 3.79. The zero-order chi connectivity index (χ0) is 20.1. The van der Waals surface area contributed by atoms with Crippen molar-refractivity contribution in [3.05, 3.63) is 63.9 Å². The molecule has 5 nitrogen and oxygen atoms in total. The Morgan fingerprint density at radius 3 is 2.57 bits per heavy atom. The Morgan fingerprint density at radius 1 is 1.21 bits per heavy atom. The average Bonchev–Trinajstić information content (AvgIpc) is 3.27. The van der Waals surface area contributed by atoms with Crippen LogP contribution in [0.15, 0.2) is 41.3 Å². The van der Waals surface area contributed by atoms with Gasteiger partial charge in [0.25, 0.3) is 5.91 Å². The van der Waals surface area contributed by atoms with Crippen molar-refractivity contribution in [3.8, 4) is 11.1 Å². The van der Waals surface area contributed by atoms with Crippen LogP contribution < -0.4 is 5.73 Å². The van der Waals surface area contributed by atoms with Crippen LogP contribution in [0.1, 0.15) is 53.6 Å². The third-order valence-electron chi connectivity index (χ3n) is 5.19. The summed E-state index contributed by atoms with van der Waals surface area (Å²) in [7, 11) is 0. The second kappa shape index (κ2) is 9.24. The van der Waals surface area contributed by atoms with Gasteiger partial charge in [0, 0.05) is 46.3 Å². The van der Waals surface area contributed by atoms with E-state index in [0.717, 1.165) is 65.6 Å². The van der Waals surface area contributed by atoms with Crippen LogP contribution in [0, 0.1) is 6.92 Å². The molecule has 0 atom stereocenters. The maximum absolute atomic E-state index is 12.4. The molecule has 28 heavy (non-hydrogen) atoms. The highest BCUT2D eigenvalue weighted by Gasteiger charge is 2.24. The van der Waals surface area contributed by atoms with E-state index in [1.165, 1.54) is 5.69 Å². The van der Waals surface area contributed by atoms with Gasteiger partial charge in [-0.1, -0.05) is 47.8 Å². The van der Waals surface area contributed by atoms with Gasteiger partial charge in [0.15, 0.2) is 0 Å². The van der Waals surface area contributed by atoms with Gasteiger partial charge in [0.2, 0.25) is 0 Å². The van der Waals surface area contributed by atoms with Crippen LogP contribution in [0.4, 0.5) is 0 Å². The molecule has 148 valence electrons. The number of amides is 1. The van der Waals surface area contributed by atoms with Crippen LogP contribution in [-0.2, 0) is 19.4 Å². The molecular weight excluding hydrogens is 416 g/mol. The first kappa shape index (κ1) is 20.4. The topological polar surface area (TPSA) is 76.7 Å². The van der Waals surface area contributed by atoms with E-state index in [4.69, 9.17) is 5.73 Å². The molecule has 1 amide bonds. The monoisotopic (exact) mass is 442 g/mol. The molecule has 3 aromatic rings. The highest BCUT2D eigenvalue weighted by Crippen LogP contribution is 2.34. The molecule has 0 spiro atoms. The van der Waals surface area contributed by atoms with E-state index in [2.05, 4.69) is 37.4 Å². The fraction of sp³-hybridized carbons (Fsp3) is 0.364. The second-order valence-corrected chi connectivity index (χ2v) is 8.00. The van der Waals surface area contributed by atoms with Gasteiger partial charge >= 0.3 is 0 Å². The van der Waals surface area contributed by atoms with Gasteiger partial charge in [-0.05, 0) is 37.5 Å². The first-order valence-corrected chi connectivity index (χ1v) is 10.6. The predicted molar refractivity (Wildman–Crippen MR) is 116 cm³/mol. The number of benzene rings is 1. The number of carbonyl (C=O) groups excluding carboxylic acids is 1. The summed E-state index contributed by atoms with van der Waals surface area (Å²) >= 11 is 3.50. The number of rotatable bonds is 9. The van der Waals surface area contributed by atoms with Crippen LogP contribution in [-0.4, -0.2) is 20.4 Å². The number of unbranched alkanes of at least 4 members (excludes halogenated alkanes) is 2. The molecule has 3 N–H and O–H groups in total. The molecule has 0 aliphatic heterocycles. The van der Waals surface area contributed by atoms with Gasteiger partial charge in [0.05, 0.1) is 11.9 Å². The molecule has 0 saturated carbocycles. The molecule has 0 aliphatic carbocycles. The van der Waals surface area contributed by atoms with Crippen LogP contribution >= 0.6 is 15.9 Å². The van der Waals surface area contributed by atoms with Crippen LogP contribution in [0.2, 0.25) is 0 Å². The van der Waals surface area contributed by atoms with Crippen molar-refractivity contribution in [1.29, 1.82) is 0 Å².